The summed E-state index contributed by atoms with van der Waals surface area (Å²) in [5.74, 6) is 0.886. The zero-order valence-electron chi connectivity index (χ0n) is 10.3. The molecule has 0 amide bonds. The number of rotatable bonds is 7. The highest BCUT2D eigenvalue weighted by Crippen LogP contribution is 2.12. The van der Waals surface area contributed by atoms with Gasteiger partial charge in [0.05, 0.1) is 6.54 Å². The van der Waals surface area contributed by atoms with Crippen LogP contribution < -0.4 is 5.32 Å². The second-order valence-corrected chi connectivity index (χ2v) is 4.28. The molecule has 1 unspecified atom stereocenters. The molecule has 16 heavy (non-hydrogen) atoms. The van der Waals surface area contributed by atoms with E-state index in [0.29, 0.717) is 11.3 Å². The lowest BCUT2D eigenvalue weighted by molar-refractivity contribution is 0.224. The van der Waals surface area contributed by atoms with Crippen molar-refractivity contribution in [1.82, 2.24) is 10.2 Å². The molecule has 1 heterocycles. The van der Waals surface area contributed by atoms with Crippen molar-refractivity contribution in [3.63, 3.8) is 0 Å². The van der Waals surface area contributed by atoms with Crippen LogP contribution in [0.15, 0.2) is 16.5 Å². The first-order valence-corrected chi connectivity index (χ1v) is 6.24. The zero-order chi connectivity index (χ0) is 12.0. The first kappa shape index (κ1) is 13.6. The third-order valence-corrected chi connectivity index (χ3v) is 3.01. The Labute approximate surface area is 103 Å². The predicted molar refractivity (Wildman–Crippen MR) is 67.8 cm³/mol. The van der Waals surface area contributed by atoms with Gasteiger partial charge in [-0.3, -0.25) is 4.90 Å². The Balaban J connectivity index is 2.24. The quantitative estimate of drug-likeness (QED) is 0.800. The minimum atomic E-state index is 0.452. The lowest BCUT2D eigenvalue weighted by Gasteiger charge is -2.26. The molecule has 1 rings (SSSR count). The highest BCUT2D eigenvalue weighted by molar-refractivity contribution is 6.28. The lowest BCUT2D eigenvalue weighted by Crippen LogP contribution is -2.39. The molecule has 0 aliphatic heterocycles. The van der Waals surface area contributed by atoms with Gasteiger partial charge in [-0.2, -0.15) is 0 Å². The van der Waals surface area contributed by atoms with E-state index < -0.39 is 0 Å². The number of nitrogens with one attached hydrogen (secondary N) is 1. The van der Waals surface area contributed by atoms with Crippen molar-refractivity contribution < 1.29 is 4.42 Å². The Kier molecular flexibility index (Phi) is 5.88. The van der Waals surface area contributed by atoms with Gasteiger partial charge in [-0.25, -0.2) is 0 Å². The number of likely N-dealkylation sites (N-methyl/N-ethyl adjacent to an activating group) is 1. The van der Waals surface area contributed by atoms with E-state index in [0.717, 1.165) is 31.9 Å². The minimum Gasteiger partial charge on any atom is -0.448 e. The summed E-state index contributed by atoms with van der Waals surface area (Å²) in [5.41, 5.74) is 0. The van der Waals surface area contributed by atoms with Crippen LogP contribution >= 0.6 is 11.6 Å². The van der Waals surface area contributed by atoms with Gasteiger partial charge >= 0.3 is 0 Å². The highest BCUT2D eigenvalue weighted by atomic mass is 35.5. The van der Waals surface area contributed by atoms with E-state index in [2.05, 4.69) is 31.0 Å². The summed E-state index contributed by atoms with van der Waals surface area (Å²) in [6.45, 7) is 10.5. The van der Waals surface area contributed by atoms with Crippen molar-refractivity contribution in [3.8, 4) is 0 Å². The molecule has 0 saturated heterocycles. The van der Waals surface area contributed by atoms with Crippen molar-refractivity contribution in [2.75, 3.05) is 19.6 Å². The van der Waals surface area contributed by atoms with E-state index in [-0.39, 0.29) is 0 Å². The first-order chi connectivity index (χ1) is 7.67. The number of halogens is 1. The maximum Gasteiger partial charge on any atom is 0.193 e. The second kappa shape index (κ2) is 6.94. The van der Waals surface area contributed by atoms with Crippen molar-refractivity contribution in [2.45, 2.75) is 33.4 Å². The van der Waals surface area contributed by atoms with Crippen LogP contribution in [0, 0.1) is 0 Å². The van der Waals surface area contributed by atoms with Crippen LogP contribution in [0.3, 0.4) is 0 Å². The molecule has 1 aromatic rings. The molecular formula is C12H21ClN2O. The van der Waals surface area contributed by atoms with Crippen LogP contribution in [-0.4, -0.2) is 30.6 Å². The maximum absolute atomic E-state index is 5.69. The molecule has 1 atom stereocenters. The fourth-order valence-electron chi connectivity index (χ4n) is 1.83. The maximum atomic E-state index is 5.69. The highest BCUT2D eigenvalue weighted by Gasteiger charge is 2.09. The molecule has 0 aromatic carbocycles. The monoisotopic (exact) mass is 244 g/mol. The molecule has 0 bridgehead atoms. The van der Waals surface area contributed by atoms with Gasteiger partial charge in [-0.1, -0.05) is 13.8 Å². The molecule has 3 nitrogen and oxygen atoms in total. The lowest BCUT2D eigenvalue weighted by atomic mass is 10.2. The summed E-state index contributed by atoms with van der Waals surface area (Å²) >= 11 is 5.69. The smallest absolute Gasteiger partial charge is 0.193 e. The summed E-state index contributed by atoms with van der Waals surface area (Å²) in [6, 6.07) is 4.21. The van der Waals surface area contributed by atoms with E-state index in [1.165, 1.54) is 0 Å². The molecule has 1 aromatic heterocycles. The van der Waals surface area contributed by atoms with Crippen LogP contribution in [-0.2, 0) is 6.54 Å². The van der Waals surface area contributed by atoms with Gasteiger partial charge in [0.25, 0.3) is 0 Å². The van der Waals surface area contributed by atoms with Crippen LogP contribution in [0.1, 0.15) is 26.5 Å². The third kappa shape index (κ3) is 4.16. The van der Waals surface area contributed by atoms with Crippen LogP contribution in [0.25, 0.3) is 0 Å². The van der Waals surface area contributed by atoms with Crippen LogP contribution in [0.5, 0.6) is 0 Å². The van der Waals surface area contributed by atoms with Gasteiger partial charge in [-0.05, 0) is 43.7 Å². The molecule has 4 heteroatoms. The van der Waals surface area contributed by atoms with E-state index in [9.17, 15) is 0 Å². The molecule has 0 saturated carbocycles. The number of nitrogens with zero attached hydrogens (tertiary/aromatic N) is 1. The Hall–Kier alpha value is -0.510. The van der Waals surface area contributed by atoms with Crippen LogP contribution in [0.2, 0.25) is 5.22 Å². The molecule has 0 aliphatic carbocycles. The average Bonchev–Trinajstić information content (AvgIpc) is 2.66. The Morgan fingerprint density at radius 2 is 2.06 bits per heavy atom. The van der Waals surface area contributed by atoms with Crippen molar-refractivity contribution >= 4 is 11.6 Å². The van der Waals surface area contributed by atoms with Gasteiger partial charge in [0.2, 0.25) is 0 Å². The molecule has 1 N–H and O–H groups in total. The summed E-state index contributed by atoms with van der Waals surface area (Å²) in [6.07, 6.45) is 0. The van der Waals surface area contributed by atoms with Crippen molar-refractivity contribution in [3.05, 3.63) is 23.1 Å². The van der Waals surface area contributed by atoms with Crippen molar-refractivity contribution in [1.29, 1.82) is 0 Å². The second-order valence-electron chi connectivity index (χ2n) is 3.91. The summed E-state index contributed by atoms with van der Waals surface area (Å²) < 4.78 is 5.27. The van der Waals surface area contributed by atoms with Crippen LogP contribution in [0.4, 0.5) is 0 Å². The molecule has 0 fully saturated rings. The molecular weight excluding hydrogens is 224 g/mol. The minimum absolute atomic E-state index is 0.452. The fraction of sp³-hybridized carbons (Fsp3) is 0.667. The Morgan fingerprint density at radius 1 is 1.38 bits per heavy atom. The molecule has 0 radical (unpaired) electrons. The predicted octanol–water partition coefficient (Wildman–Crippen LogP) is 2.75. The van der Waals surface area contributed by atoms with Gasteiger partial charge in [0, 0.05) is 12.6 Å². The normalized spacial score (nSPS) is 13.3. The van der Waals surface area contributed by atoms with Crippen molar-refractivity contribution in [2.24, 2.45) is 0 Å². The molecule has 0 spiro atoms. The van der Waals surface area contributed by atoms with Gasteiger partial charge in [0.1, 0.15) is 5.76 Å². The van der Waals surface area contributed by atoms with Gasteiger partial charge in [-0.15, -0.1) is 0 Å². The Morgan fingerprint density at radius 3 is 2.56 bits per heavy atom. The standard InChI is InChI=1S/C12H21ClN2O/c1-4-15(5-2)10(3)8-14-9-11-6-7-12(13)16-11/h6-7,10,14H,4-5,8-9H2,1-3H3. The topological polar surface area (TPSA) is 28.4 Å². The fourth-order valence-corrected chi connectivity index (χ4v) is 1.99. The van der Waals surface area contributed by atoms with E-state index in [1.807, 2.05) is 6.07 Å². The number of hydrogen-bond donors (Lipinski definition) is 1. The largest absolute Gasteiger partial charge is 0.448 e. The number of hydrogen-bond acceptors (Lipinski definition) is 3. The summed E-state index contributed by atoms with van der Waals surface area (Å²) in [4.78, 5) is 2.42. The first-order valence-electron chi connectivity index (χ1n) is 5.86. The summed E-state index contributed by atoms with van der Waals surface area (Å²) in [7, 11) is 0. The molecule has 0 aliphatic rings. The third-order valence-electron chi connectivity index (χ3n) is 2.80. The average molecular weight is 245 g/mol. The molecule has 92 valence electrons. The van der Waals surface area contributed by atoms with E-state index in [4.69, 9.17) is 16.0 Å². The summed E-state index contributed by atoms with van der Waals surface area (Å²) in [5, 5.41) is 3.82. The van der Waals surface area contributed by atoms with E-state index in [1.54, 1.807) is 6.07 Å². The Bertz CT molecular complexity index is 297. The SMILES string of the molecule is CCN(CC)C(C)CNCc1ccc(Cl)o1. The zero-order valence-corrected chi connectivity index (χ0v) is 11.0. The van der Waals surface area contributed by atoms with Gasteiger partial charge in [0.15, 0.2) is 5.22 Å². The number of furan rings is 1. The van der Waals surface area contributed by atoms with E-state index >= 15 is 0 Å². The van der Waals surface area contributed by atoms with Gasteiger partial charge < -0.3 is 9.73 Å².